The Balaban J connectivity index is 1.29. The first-order valence-electron chi connectivity index (χ1n) is 12.8. The molecule has 38 heavy (non-hydrogen) atoms. The molecule has 1 aromatic rings. The van der Waals surface area contributed by atoms with E-state index in [4.69, 9.17) is 0 Å². The van der Waals surface area contributed by atoms with Gasteiger partial charge in [-0.3, -0.25) is 4.90 Å². The molecule has 1 aromatic carbocycles. The number of benzene rings is 1. The van der Waals surface area contributed by atoms with Gasteiger partial charge in [-0.05, 0) is 86.2 Å². The van der Waals surface area contributed by atoms with Crippen molar-refractivity contribution >= 4 is 16.3 Å². The largest absolute Gasteiger partial charge is 0.402 e. The van der Waals surface area contributed by atoms with E-state index < -0.39 is 46.4 Å². The van der Waals surface area contributed by atoms with Crippen molar-refractivity contribution in [2.45, 2.75) is 56.4 Å². The van der Waals surface area contributed by atoms with Crippen molar-refractivity contribution in [1.29, 1.82) is 0 Å². The van der Waals surface area contributed by atoms with Crippen LogP contribution in [0.1, 0.15) is 42.4 Å². The van der Waals surface area contributed by atoms with Crippen LogP contribution in [-0.4, -0.2) is 68.2 Å². The molecule has 3 fully saturated rings. The van der Waals surface area contributed by atoms with E-state index in [0.717, 1.165) is 11.1 Å². The van der Waals surface area contributed by atoms with Crippen molar-refractivity contribution in [2.24, 2.45) is 17.8 Å². The van der Waals surface area contributed by atoms with E-state index in [-0.39, 0.29) is 50.9 Å². The summed E-state index contributed by atoms with van der Waals surface area (Å²) in [5.74, 6) is -2.16. The molecule has 2 aliphatic carbocycles. The maximum Gasteiger partial charge on any atom is 0.402 e. The Bertz CT molecular complexity index is 1190. The molecule has 2 aliphatic heterocycles. The fraction of sp³-hybridized carbons (Fsp3) is 0.680. The lowest BCUT2D eigenvalue weighted by atomic mass is 9.79. The fourth-order valence-corrected chi connectivity index (χ4v) is 8.52. The Kier molecular flexibility index (Phi) is 7.14. The van der Waals surface area contributed by atoms with Crippen LogP contribution in [0.4, 0.5) is 30.7 Å². The van der Waals surface area contributed by atoms with E-state index in [1.165, 1.54) is 6.08 Å². The van der Waals surface area contributed by atoms with Crippen molar-refractivity contribution in [3.8, 4) is 0 Å². The van der Waals surface area contributed by atoms with Crippen LogP contribution in [0.5, 0.6) is 0 Å². The maximum absolute atomic E-state index is 14.8. The van der Waals surface area contributed by atoms with Crippen LogP contribution in [0.3, 0.4) is 0 Å². The summed E-state index contributed by atoms with van der Waals surface area (Å²) in [5, 5.41) is 0. The normalized spacial score (nSPS) is 31.1. The zero-order chi connectivity index (χ0) is 27.5. The van der Waals surface area contributed by atoms with Gasteiger partial charge in [0.05, 0.1) is 18.0 Å². The predicted molar refractivity (Wildman–Crippen MR) is 127 cm³/mol. The Morgan fingerprint density at radius 1 is 1.00 bits per heavy atom. The highest BCUT2D eigenvalue weighted by atomic mass is 32.2. The molecule has 2 bridgehead atoms. The summed E-state index contributed by atoms with van der Waals surface area (Å²) in [5.41, 5.74) is 1.49. The van der Waals surface area contributed by atoms with Gasteiger partial charge < -0.3 is 0 Å². The lowest BCUT2D eigenvalue weighted by Gasteiger charge is -2.33. The zero-order valence-corrected chi connectivity index (χ0v) is 21.4. The van der Waals surface area contributed by atoms with Gasteiger partial charge in [0.15, 0.2) is 0 Å². The molecule has 0 amide bonds. The number of likely N-dealkylation sites (tertiary alicyclic amines) is 1. The molecule has 3 atom stereocenters. The molecular weight excluding hydrogens is 539 g/mol. The molecule has 0 aromatic heterocycles. The molecule has 4 aliphatic rings. The summed E-state index contributed by atoms with van der Waals surface area (Å²) in [6, 6.07) is 5.43. The number of nitrogens with zero attached hydrogens (tertiary/aromatic N) is 2. The lowest BCUT2D eigenvalue weighted by molar-refractivity contribution is -0.184. The van der Waals surface area contributed by atoms with Gasteiger partial charge >= 0.3 is 12.4 Å². The summed E-state index contributed by atoms with van der Waals surface area (Å²) in [7, 11) is -4.27. The van der Waals surface area contributed by atoms with E-state index >= 15 is 0 Å². The predicted octanol–water partition coefficient (Wildman–Crippen LogP) is 4.85. The minimum absolute atomic E-state index is 0.0515. The second-order valence-electron chi connectivity index (χ2n) is 11.1. The number of halogens is 7. The summed E-state index contributed by atoms with van der Waals surface area (Å²) in [6.07, 6.45) is -5.27. The number of hydrogen-bond donors (Lipinski definition) is 1. The van der Waals surface area contributed by atoms with Gasteiger partial charge in [0.2, 0.25) is 0 Å². The highest BCUT2D eigenvalue weighted by molar-refractivity contribution is 7.87. The SMILES string of the molecule is O=S1(=O)N[C@]2(CN1CC(F)(F)F)[C@@H]1CC[C@H]2Cc2cc(/C=C(/F)CN3CCC(C(F)(F)F)CC3)ccc2C1. The topological polar surface area (TPSA) is 52.7 Å². The standard InChI is InChI=1S/C25H30F7N3O2S/c26-22(13-34-7-5-19(6-8-34)25(30,31)32)10-16-1-2-17-11-20-3-4-21(12-18(17)9-16)23(20)14-35(15-24(27,28)29)38(36,37)33-23/h1-2,9-10,19-21,33H,3-8,11-15H2/b22-10+/t20-,21+,23-/m1/s1. The van der Waals surface area contributed by atoms with Crippen molar-refractivity contribution in [3.05, 3.63) is 40.7 Å². The van der Waals surface area contributed by atoms with Crippen molar-refractivity contribution < 1.29 is 39.2 Å². The Morgan fingerprint density at radius 3 is 2.24 bits per heavy atom. The van der Waals surface area contributed by atoms with Gasteiger partial charge in [-0.25, -0.2) is 4.39 Å². The first kappa shape index (κ1) is 27.9. The highest BCUT2D eigenvalue weighted by Crippen LogP contribution is 2.50. The van der Waals surface area contributed by atoms with Gasteiger partial charge in [-0.1, -0.05) is 18.2 Å². The molecular formula is C25H30F7N3O2S. The van der Waals surface area contributed by atoms with Gasteiger partial charge in [0, 0.05) is 6.54 Å². The second kappa shape index (κ2) is 9.74. The highest BCUT2D eigenvalue weighted by Gasteiger charge is 2.60. The number of rotatable bonds is 4. The monoisotopic (exact) mass is 569 g/mol. The molecule has 5 rings (SSSR count). The van der Waals surface area contributed by atoms with Gasteiger partial charge in [0.1, 0.15) is 12.4 Å². The third kappa shape index (κ3) is 5.62. The first-order valence-corrected chi connectivity index (χ1v) is 14.2. The number of hydrogen-bond acceptors (Lipinski definition) is 3. The molecule has 0 unspecified atom stereocenters. The van der Waals surface area contributed by atoms with Gasteiger partial charge in [-0.2, -0.15) is 43.8 Å². The summed E-state index contributed by atoms with van der Waals surface area (Å²) >= 11 is 0. The molecule has 1 N–H and O–H groups in total. The zero-order valence-electron chi connectivity index (χ0n) is 20.6. The molecule has 2 heterocycles. The summed E-state index contributed by atoms with van der Waals surface area (Å²) in [4.78, 5) is 1.67. The van der Waals surface area contributed by atoms with E-state index in [0.29, 0.717) is 35.6 Å². The van der Waals surface area contributed by atoms with E-state index in [2.05, 4.69) is 4.72 Å². The summed E-state index contributed by atoms with van der Waals surface area (Å²) in [6.45, 7) is -1.50. The molecule has 212 valence electrons. The number of fused-ring (bicyclic) bond motifs is 1. The number of piperidine rings is 1. The molecule has 1 saturated carbocycles. The Hall–Kier alpha value is -1.70. The van der Waals surface area contributed by atoms with Gasteiger partial charge in [0.25, 0.3) is 10.2 Å². The first-order chi connectivity index (χ1) is 17.6. The average molecular weight is 570 g/mol. The molecule has 2 saturated heterocycles. The third-order valence-electron chi connectivity index (χ3n) is 8.68. The minimum Gasteiger partial charge on any atom is -0.297 e. The maximum atomic E-state index is 14.8. The average Bonchev–Trinajstić information content (AvgIpc) is 3.17. The number of alkyl halides is 6. The van der Waals surface area contributed by atoms with Crippen LogP contribution in [0.2, 0.25) is 0 Å². The second-order valence-corrected chi connectivity index (χ2v) is 12.8. The Morgan fingerprint density at radius 2 is 1.63 bits per heavy atom. The van der Waals surface area contributed by atoms with Crippen molar-refractivity contribution in [1.82, 2.24) is 13.9 Å². The van der Waals surface area contributed by atoms with E-state index in [1.54, 1.807) is 11.0 Å². The molecule has 5 nitrogen and oxygen atoms in total. The Labute approximate surface area is 217 Å². The van der Waals surface area contributed by atoms with Crippen LogP contribution in [0.15, 0.2) is 24.0 Å². The summed E-state index contributed by atoms with van der Waals surface area (Å²) < 4.78 is 121. The van der Waals surface area contributed by atoms with E-state index in [1.807, 2.05) is 12.1 Å². The van der Waals surface area contributed by atoms with Crippen LogP contribution >= 0.6 is 0 Å². The fourth-order valence-electron chi connectivity index (χ4n) is 6.81. The van der Waals surface area contributed by atoms with Crippen LogP contribution in [-0.2, 0) is 23.1 Å². The van der Waals surface area contributed by atoms with Gasteiger partial charge in [-0.15, -0.1) is 0 Å². The molecule has 0 radical (unpaired) electrons. The van der Waals surface area contributed by atoms with Crippen LogP contribution < -0.4 is 4.72 Å². The number of nitrogens with one attached hydrogen (secondary N) is 1. The molecule has 1 spiro atoms. The third-order valence-corrected chi connectivity index (χ3v) is 10.3. The quantitative estimate of drug-likeness (QED) is 0.528. The lowest BCUT2D eigenvalue weighted by Crippen LogP contribution is -2.52. The van der Waals surface area contributed by atoms with Crippen molar-refractivity contribution in [2.75, 3.05) is 32.7 Å². The van der Waals surface area contributed by atoms with Crippen LogP contribution in [0.25, 0.3) is 6.08 Å². The molecule has 13 heteroatoms. The minimum atomic E-state index is -4.65. The van der Waals surface area contributed by atoms with Crippen LogP contribution in [0, 0.1) is 17.8 Å². The smallest absolute Gasteiger partial charge is 0.297 e. The van der Waals surface area contributed by atoms with Crippen molar-refractivity contribution in [3.63, 3.8) is 0 Å². The van der Waals surface area contributed by atoms with E-state index in [9.17, 15) is 39.2 Å².